The van der Waals surface area contributed by atoms with Gasteiger partial charge in [0.1, 0.15) is 0 Å². The molecule has 0 amide bonds. The van der Waals surface area contributed by atoms with E-state index in [-0.39, 0.29) is 0 Å². The number of anilines is 6. The van der Waals surface area contributed by atoms with E-state index in [4.69, 9.17) is 0 Å². The molecule has 2 heteroatoms. The Labute approximate surface area is 379 Å². The SMILES string of the molecule is Cc1cccc(N(c2ccccc2)c2ccc3cc4c(cc3c2)C2(c3ccccc3-c3ccccc32)c2c-4c3ccccc3c3cc(N(c4ccccc4)c4cccc(C)c4)ccc23)c1. The van der Waals surface area contributed by atoms with Gasteiger partial charge in [-0.25, -0.2) is 0 Å². The lowest BCUT2D eigenvalue weighted by Gasteiger charge is -2.32. The van der Waals surface area contributed by atoms with Gasteiger partial charge in [0.05, 0.1) is 5.41 Å². The average Bonchev–Trinajstić information content (AvgIpc) is 3.81. The van der Waals surface area contributed by atoms with Gasteiger partial charge in [-0.15, -0.1) is 0 Å². The third-order valence-electron chi connectivity index (χ3n) is 14.0. The molecule has 11 aromatic rings. The maximum atomic E-state index is 2.54. The van der Waals surface area contributed by atoms with Gasteiger partial charge < -0.3 is 9.80 Å². The number of aryl methyl sites for hydroxylation is 2. The lowest BCUT2D eigenvalue weighted by atomic mass is 9.69. The van der Waals surface area contributed by atoms with Crippen LogP contribution in [0.2, 0.25) is 0 Å². The first kappa shape index (κ1) is 37.4. The summed E-state index contributed by atoms with van der Waals surface area (Å²) in [6.07, 6.45) is 0. The fraction of sp³-hybridized carbons (Fsp3) is 0.0476. The Kier molecular flexibility index (Phi) is 8.29. The second kappa shape index (κ2) is 14.4. The van der Waals surface area contributed by atoms with Gasteiger partial charge in [-0.1, -0.05) is 146 Å². The van der Waals surface area contributed by atoms with Crippen LogP contribution in [-0.4, -0.2) is 0 Å². The van der Waals surface area contributed by atoms with Crippen molar-refractivity contribution in [1.29, 1.82) is 0 Å². The van der Waals surface area contributed by atoms with Crippen molar-refractivity contribution in [2.45, 2.75) is 19.3 Å². The monoisotopic (exact) mass is 828 g/mol. The van der Waals surface area contributed by atoms with Crippen molar-refractivity contribution >= 4 is 66.4 Å². The molecule has 0 saturated heterocycles. The summed E-state index contributed by atoms with van der Waals surface area (Å²) < 4.78 is 0. The van der Waals surface area contributed by atoms with E-state index in [0.717, 1.165) is 34.1 Å². The molecule has 0 fully saturated rings. The molecule has 2 nitrogen and oxygen atoms in total. The van der Waals surface area contributed by atoms with E-state index in [9.17, 15) is 0 Å². The topological polar surface area (TPSA) is 6.48 Å². The van der Waals surface area contributed by atoms with Crippen LogP contribution >= 0.6 is 0 Å². The summed E-state index contributed by atoms with van der Waals surface area (Å²) in [4.78, 5) is 4.79. The van der Waals surface area contributed by atoms with Gasteiger partial charge in [0.2, 0.25) is 0 Å². The molecule has 0 heterocycles. The molecule has 2 aliphatic rings. The van der Waals surface area contributed by atoms with Crippen LogP contribution in [0.4, 0.5) is 34.1 Å². The molecule has 1 spiro atoms. The van der Waals surface area contributed by atoms with Crippen molar-refractivity contribution in [3.8, 4) is 22.3 Å². The molecule has 0 aliphatic heterocycles. The molecule has 306 valence electrons. The Balaban J connectivity index is 1.12. The van der Waals surface area contributed by atoms with Crippen molar-refractivity contribution in [2.75, 3.05) is 9.80 Å². The highest BCUT2D eigenvalue weighted by Crippen LogP contribution is 2.66. The summed E-state index contributed by atoms with van der Waals surface area (Å²) in [6.45, 7) is 4.34. The summed E-state index contributed by atoms with van der Waals surface area (Å²) in [5.74, 6) is 0. The second-order valence-corrected chi connectivity index (χ2v) is 17.8. The van der Waals surface area contributed by atoms with E-state index in [2.05, 4.69) is 254 Å². The Morgan fingerprint density at radius 1 is 0.292 bits per heavy atom. The van der Waals surface area contributed by atoms with Crippen LogP contribution in [0.15, 0.2) is 231 Å². The van der Waals surface area contributed by atoms with E-state index in [0.29, 0.717) is 0 Å². The largest absolute Gasteiger partial charge is 0.310 e. The number of rotatable bonds is 6. The van der Waals surface area contributed by atoms with E-state index < -0.39 is 5.41 Å². The normalized spacial score (nSPS) is 12.9. The van der Waals surface area contributed by atoms with Crippen LogP contribution in [0.5, 0.6) is 0 Å². The number of nitrogens with zero attached hydrogens (tertiary/aromatic N) is 2. The molecule has 0 bridgehead atoms. The van der Waals surface area contributed by atoms with Crippen molar-refractivity contribution in [3.05, 3.63) is 264 Å². The lowest BCUT2D eigenvalue weighted by Crippen LogP contribution is -2.26. The molecular formula is C63H44N2. The molecular weight excluding hydrogens is 785 g/mol. The Morgan fingerprint density at radius 3 is 1.42 bits per heavy atom. The van der Waals surface area contributed by atoms with Crippen LogP contribution < -0.4 is 9.80 Å². The summed E-state index contributed by atoms with van der Waals surface area (Å²) in [7, 11) is 0. The lowest BCUT2D eigenvalue weighted by molar-refractivity contribution is 0.803. The molecule has 0 aromatic heterocycles. The summed E-state index contributed by atoms with van der Waals surface area (Å²) in [5.41, 5.74) is 19.3. The van der Waals surface area contributed by atoms with E-state index in [1.165, 1.54) is 88.0 Å². The number of fused-ring (bicyclic) bond motifs is 16. The zero-order valence-corrected chi connectivity index (χ0v) is 36.3. The molecule has 13 rings (SSSR count). The summed E-state index contributed by atoms with van der Waals surface area (Å²) in [6, 6.07) is 85.9. The Morgan fingerprint density at radius 2 is 0.800 bits per heavy atom. The molecule has 0 atom stereocenters. The minimum Gasteiger partial charge on any atom is -0.310 e. The Hall–Kier alpha value is -8.20. The molecule has 0 unspecified atom stereocenters. The van der Waals surface area contributed by atoms with E-state index >= 15 is 0 Å². The predicted octanol–water partition coefficient (Wildman–Crippen LogP) is 17.0. The zero-order valence-electron chi connectivity index (χ0n) is 36.3. The predicted molar refractivity (Wildman–Crippen MR) is 274 cm³/mol. The average molecular weight is 829 g/mol. The summed E-state index contributed by atoms with van der Waals surface area (Å²) >= 11 is 0. The molecule has 65 heavy (non-hydrogen) atoms. The molecule has 0 saturated carbocycles. The third kappa shape index (κ3) is 5.54. The smallest absolute Gasteiger partial charge is 0.0731 e. The van der Waals surface area contributed by atoms with Crippen molar-refractivity contribution in [2.24, 2.45) is 0 Å². The highest BCUT2D eigenvalue weighted by molar-refractivity contribution is 6.21. The standard InChI is InChI=1S/C63H44N2/c1-41-17-15-23-47(35-41)64(45-19-5-3-6-20-45)49-32-31-43-38-57-60(39-44(43)37-49)63(58-29-13-11-26-52(58)53-27-12-14-30-59(53)63)62-55-34-33-50(40-56(55)51-25-9-10-28-54(51)61(57)62)65(46-21-7-4-8-22-46)48-24-16-18-42(2)36-48/h3-40H,1-2H3. The highest BCUT2D eigenvalue weighted by Gasteiger charge is 2.53. The van der Waals surface area contributed by atoms with Gasteiger partial charge in [0.15, 0.2) is 0 Å². The van der Waals surface area contributed by atoms with Gasteiger partial charge in [-0.2, -0.15) is 0 Å². The van der Waals surface area contributed by atoms with Gasteiger partial charge in [0, 0.05) is 34.1 Å². The van der Waals surface area contributed by atoms with Gasteiger partial charge >= 0.3 is 0 Å². The molecule has 0 N–H and O–H groups in total. The number of hydrogen-bond acceptors (Lipinski definition) is 2. The quantitative estimate of drug-likeness (QED) is 0.154. The Bertz CT molecular complexity index is 3650. The van der Waals surface area contributed by atoms with Crippen LogP contribution in [0, 0.1) is 13.8 Å². The maximum absolute atomic E-state index is 2.54. The minimum atomic E-state index is -0.558. The number of benzene rings is 11. The van der Waals surface area contributed by atoms with Gasteiger partial charge in [-0.3, -0.25) is 0 Å². The second-order valence-electron chi connectivity index (χ2n) is 17.8. The van der Waals surface area contributed by atoms with Crippen LogP contribution in [0.1, 0.15) is 33.4 Å². The van der Waals surface area contributed by atoms with Crippen LogP contribution in [0.25, 0.3) is 54.6 Å². The maximum Gasteiger partial charge on any atom is 0.0731 e. The molecule has 2 aliphatic carbocycles. The zero-order chi connectivity index (χ0) is 43.2. The minimum absolute atomic E-state index is 0.558. The fourth-order valence-corrected chi connectivity index (χ4v) is 11.4. The van der Waals surface area contributed by atoms with Crippen molar-refractivity contribution in [3.63, 3.8) is 0 Å². The summed E-state index contributed by atoms with van der Waals surface area (Å²) in [5, 5.41) is 7.51. The first-order valence-electron chi connectivity index (χ1n) is 22.7. The van der Waals surface area contributed by atoms with Crippen molar-refractivity contribution in [1.82, 2.24) is 0 Å². The molecule has 0 radical (unpaired) electrons. The fourth-order valence-electron chi connectivity index (χ4n) is 11.4. The molecule has 11 aromatic carbocycles. The van der Waals surface area contributed by atoms with Crippen LogP contribution in [0.3, 0.4) is 0 Å². The van der Waals surface area contributed by atoms with Gasteiger partial charge in [-0.05, 0) is 187 Å². The van der Waals surface area contributed by atoms with E-state index in [1.54, 1.807) is 0 Å². The first-order chi connectivity index (χ1) is 32.1. The third-order valence-corrected chi connectivity index (χ3v) is 14.0. The van der Waals surface area contributed by atoms with Crippen molar-refractivity contribution < 1.29 is 0 Å². The first-order valence-corrected chi connectivity index (χ1v) is 22.7. The van der Waals surface area contributed by atoms with Crippen LogP contribution in [-0.2, 0) is 5.41 Å². The number of hydrogen-bond donors (Lipinski definition) is 0. The van der Waals surface area contributed by atoms with Gasteiger partial charge in [0.25, 0.3) is 0 Å². The van der Waals surface area contributed by atoms with E-state index in [1.807, 2.05) is 0 Å². The number of para-hydroxylation sites is 2. The highest BCUT2D eigenvalue weighted by atomic mass is 15.1.